The Balaban J connectivity index is 1.55. The van der Waals surface area contributed by atoms with E-state index in [0.29, 0.717) is 28.7 Å². The molecule has 0 radical (unpaired) electrons. The molecule has 1 amide bonds. The molecule has 0 unspecified atom stereocenters. The number of anilines is 3. The van der Waals surface area contributed by atoms with Crippen LogP contribution in [0.15, 0.2) is 46.7 Å². The highest BCUT2D eigenvalue weighted by atomic mass is 32.2. The van der Waals surface area contributed by atoms with Gasteiger partial charge in [-0.15, -0.1) is 11.3 Å². The van der Waals surface area contributed by atoms with Crippen LogP contribution in [-0.2, 0) is 4.74 Å². The predicted molar refractivity (Wildman–Crippen MR) is 132 cm³/mol. The van der Waals surface area contributed by atoms with Gasteiger partial charge >= 0.3 is 0 Å². The molecule has 4 rings (SSSR count). The number of amides is 1. The molecule has 1 aliphatic heterocycles. The zero-order valence-corrected chi connectivity index (χ0v) is 20.0. The molecule has 1 aliphatic rings. The van der Waals surface area contributed by atoms with Crippen molar-refractivity contribution in [1.29, 1.82) is 0 Å². The van der Waals surface area contributed by atoms with E-state index in [1.54, 1.807) is 18.2 Å². The first-order chi connectivity index (χ1) is 15.5. The third-order valence-corrected chi connectivity index (χ3v) is 7.26. The fourth-order valence-corrected chi connectivity index (χ4v) is 5.53. The summed E-state index contributed by atoms with van der Waals surface area (Å²) >= 11 is 2.51. The molecule has 0 aliphatic carbocycles. The van der Waals surface area contributed by atoms with E-state index < -0.39 is 0 Å². The van der Waals surface area contributed by atoms with E-state index in [4.69, 9.17) is 4.74 Å². The van der Waals surface area contributed by atoms with Gasteiger partial charge in [0.15, 0.2) is 0 Å². The first-order valence-electron chi connectivity index (χ1n) is 10.5. The zero-order valence-electron chi connectivity index (χ0n) is 18.3. The van der Waals surface area contributed by atoms with Crippen LogP contribution in [0.1, 0.15) is 26.4 Å². The van der Waals surface area contributed by atoms with E-state index in [-0.39, 0.29) is 11.7 Å². The monoisotopic (exact) mass is 471 g/mol. The molecular weight excluding hydrogens is 445 g/mol. The number of morpholine rings is 1. The first-order valence-corrected chi connectivity index (χ1v) is 12.1. The lowest BCUT2D eigenvalue weighted by Gasteiger charge is -2.32. The molecule has 8 heteroatoms. The number of hydrogen-bond donors (Lipinski definition) is 2. The summed E-state index contributed by atoms with van der Waals surface area (Å²) in [4.78, 5) is 16.6. The van der Waals surface area contributed by atoms with Gasteiger partial charge < -0.3 is 19.7 Å². The standard InChI is InChI=1S/C24H26FN3O2S2/c1-15-14-16(2)22(28-9-11-30-12-10-28)17(3)21(15)26-24(29)23-19(8-13-31-23)27-32-20-7-5-4-6-18(20)25/h4-8,13-14,27H,9-12H2,1-3H3,(H,26,29). The average molecular weight is 472 g/mol. The summed E-state index contributed by atoms with van der Waals surface area (Å²) in [7, 11) is 0. The Morgan fingerprint density at radius 1 is 1.12 bits per heavy atom. The minimum absolute atomic E-state index is 0.181. The lowest BCUT2D eigenvalue weighted by atomic mass is 10.0. The van der Waals surface area contributed by atoms with Crippen molar-refractivity contribution in [2.45, 2.75) is 25.7 Å². The second kappa shape index (κ2) is 9.94. The summed E-state index contributed by atoms with van der Waals surface area (Å²) < 4.78 is 22.6. The van der Waals surface area contributed by atoms with Crippen molar-refractivity contribution in [3.8, 4) is 0 Å². The Kier molecular flexibility index (Phi) is 7.03. The molecule has 168 valence electrons. The smallest absolute Gasteiger partial charge is 0.267 e. The molecular formula is C24H26FN3O2S2. The average Bonchev–Trinajstić information content (AvgIpc) is 3.25. The number of thiophene rings is 1. The molecule has 5 nitrogen and oxygen atoms in total. The van der Waals surface area contributed by atoms with Crippen LogP contribution in [-0.4, -0.2) is 32.2 Å². The van der Waals surface area contributed by atoms with Crippen molar-refractivity contribution in [1.82, 2.24) is 0 Å². The summed E-state index contributed by atoms with van der Waals surface area (Å²) in [6.45, 7) is 9.27. The van der Waals surface area contributed by atoms with Crippen LogP contribution in [0.25, 0.3) is 0 Å². The normalized spacial score (nSPS) is 13.8. The predicted octanol–water partition coefficient (Wildman–Crippen LogP) is 6.02. The van der Waals surface area contributed by atoms with Gasteiger partial charge in [-0.25, -0.2) is 4.39 Å². The van der Waals surface area contributed by atoms with E-state index in [9.17, 15) is 9.18 Å². The minimum Gasteiger partial charge on any atom is -0.378 e. The molecule has 0 bridgehead atoms. The molecule has 2 aromatic carbocycles. The van der Waals surface area contributed by atoms with Crippen molar-refractivity contribution < 1.29 is 13.9 Å². The summed E-state index contributed by atoms with van der Waals surface area (Å²) in [5, 5.41) is 4.98. The molecule has 2 N–H and O–H groups in total. The number of carbonyl (C=O) groups excluding carboxylic acids is 1. The highest BCUT2D eigenvalue weighted by Gasteiger charge is 2.21. The summed E-state index contributed by atoms with van der Waals surface area (Å²) in [5.41, 5.74) is 5.94. The Morgan fingerprint density at radius 3 is 2.62 bits per heavy atom. The summed E-state index contributed by atoms with van der Waals surface area (Å²) in [6, 6.07) is 10.5. The van der Waals surface area contributed by atoms with Crippen LogP contribution in [0.4, 0.5) is 21.5 Å². The Morgan fingerprint density at radius 2 is 1.88 bits per heavy atom. The van der Waals surface area contributed by atoms with Gasteiger partial charge in [0.25, 0.3) is 5.91 Å². The molecule has 2 heterocycles. The Hall–Kier alpha value is -2.55. The van der Waals surface area contributed by atoms with Crippen LogP contribution < -0.4 is 14.9 Å². The second-order valence-corrected chi connectivity index (χ2v) is 9.47. The number of nitrogens with zero attached hydrogens (tertiary/aromatic N) is 1. The number of benzene rings is 2. The Labute approximate surface area is 196 Å². The number of aryl methyl sites for hydroxylation is 2. The van der Waals surface area contributed by atoms with Crippen molar-refractivity contribution >= 4 is 46.3 Å². The van der Waals surface area contributed by atoms with E-state index in [1.807, 2.05) is 18.4 Å². The molecule has 0 atom stereocenters. The van der Waals surface area contributed by atoms with Crippen LogP contribution >= 0.6 is 23.3 Å². The van der Waals surface area contributed by atoms with E-state index in [0.717, 1.165) is 47.5 Å². The Bertz CT molecular complexity index is 1130. The number of halogens is 1. The third kappa shape index (κ3) is 4.77. The van der Waals surface area contributed by atoms with Crippen LogP contribution in [0, 0.1) is 26.6 Å². The van der Waals surface area contributed by atoms with E-state index >= 15 is 0 Å². The topological polar surface area (TPSA) is 53.6 Å². The lowest BCUT2D eigenvalue weighted by molar-refractivity contribution is 0.103. The fourth-order valence-electron chi connectivity index (χ4n) is 4.01. The second-order valence-electron chi connectivity index (χ2n) is 7.71. The molecule has 3 aromatic rings. The quantitative estimate of drug-likeness (QED) is 0.431. The highest BCUT2D eigenvalue weighted by molar-refractivity contribution is 8.00. The number of ether oxygens (including phenoxy) is 1. The summed E-state index contributed by atoms with van der Waals surface area (Å²) in [6.07, 6.45) is 0. The van der Waals surface area contributed by atoms with Crippen LogP contribution in [0.2, 0.25) is 0 Å². The van der Waals surface area contributed by atoms with Gasteiger partial charge in [-0.2, -0.15) is 0 Å². The van der Waals surface area contributed by atoms with Crippen molar-refractivity contribution in [2.75, 3.05) is 41.2 Å². The van der Waals surface area contributed by atoms with Gasteiger partial charge in [0.1, 0.15) is 10.7 Å². The maximum absolute atomic E-state index is 13.9. The van der Waals surface area contributed by atoms with Gasteiger partial charge in [-0.05, 0) is 73.0 Å². The minimum atomic E-state index is -0.298. The zero-order chi connectivity index (χ0) is 22.7. The van der Waals surface area contributed by atoms with Gasteiger partial charge in [0.05, 0.1) is 23.8 Å². The molecule has 32 heavy (non-hydrogen) atoms. The number of hydrogen-bond acceptors (Lipinski definition) is 6. The molecule has 1 saturated heterocycles. The van der Waals surface area contributed by atoms with Crippen molar-refractivity contribution in [3.63, 3.8) is 0 Å². The van der Waals surface area contributed by atoms with Crippen LogP contribution in [0.3, 0.4) is 0 Å². The highest BCUT2D eigenvalue weighted by Crippen LogP contribution is 2.35. The van der Waals surface area contributed by atoms with Gasteiger partial charge in [0, 0.05) is 24.5 Å². The van der Waals surface area contributed by atoms with Gasteiger partial charge in [0.2, 0.25) is 0 Å². The number of carbonyl (C=O) groups is 1. The largest absolute Gasteiger partial charge is 0.378 e. The maximum atomic E-state index is 13.9. The van der Waals surface area contributed by atoms with E-state index in [2.05, 4.69) is 34.9 Å². The maximum Gasteiger partial charge on any atom is 0.267 e. The molecule has 0 spiro atoms. The molecule has 0 saturated carbocycles. The molecule has 1 fully saturated rings. The van der Waals surface area contributed by atoms with Crippen molar-refractivity contribution in [3.05, 3.63) is 69.2 Å². The number of nitrogens with one attached hydrogen (secondary N) is 2. The van der Waals surface area contributed by atoms with Gasteiger partial charge in [-0.1, -0.05) is 18.2 Å². The first kappa shape index (κ1) is 22.6. The lowest BCUT2D eigenvalue weighted by Crippen LogP contribution is -2.37. The summed E-state index contributed by atoms with van der Waals surface area (Å²) in [5.74, 6) is -0.479. The molecule has 1 aromatic heterocycles. The van der Waals surface area contributed by atoms with Crippen LogP contribution in [0.5, 0.6) is 0 Å². The third-order valence-electron chi connectivity index (χ3n) is 5.48. The SMILES string of the molecule is Cc1cc(C)c(N2CCOCC2)c(C)c1NC(=O)c1sccc1NSc1ccccc1F. The fraction of sp³-hybridized carbons (Fsp3) is 0.292. The van der Waals surface area contributed by atoms with Gasteiger partial charge in [-0.3, -0.25) is 4.79 Å². The van der Waals surface area contributed by atoms with E-state index in [1.165, 1.54) is 23.0 Å². The van der Waals surface area contributed by atoms with Crippen molar-refractivity contribution in [2.24, 2.45) is 0 Å². The number of rotatable bonds is 6.